The van der Waals surface area contributed by atoms with E-state index in [4.69, 9.17) is 4.74 Å². The van der Waals surface area contributed by atoms with Crippen LogP contribution >= 0.6 is 11.8 Å². The molecule has 1 spiro atoms. The summed E-state index contributed by atoms with van der Waals surface area (Å²) in [5.41, 5.74) is -3.04. The summed E-state index contributed by atoms with van der Waals surface area (Å²) in [6.07, 6.45) is 0.111. The van der Waals surface area contributed by atoms with E-state index in [2.05, 4.69) is 16.0 Å². The molecule has 554 valence electrons. The van der Waals surface area contributed by atoms with Crippen molar-refractivity contribution in [3.05, 3.63) is 35.1 Å². The van der Waals surface area contributed by atoms with E-state index >= 15 is 18.8 Å². The molecule has 0 bridgehead atoms. The molecule has 3 heterocycles. The number of alkyl halides is 3. The van der Waals surface area contributed by atoms with Crippen LogP contribution in [-0.2, 0) is 74.9 Å². The van der Waals surface area contributed by atoms with Gasteiger partial charge >= 0.3 is 6.18 Å². The quantitative estimate of drug-likeness (QED) is 0.187. The third-order valence-corrected chi connectivity index (χ3v) is 21.6. The van der Waals surface area contributed by atoms with Crippen molar-refractivity contribution >= 4 is 82.6 Å². The Hall–Kier alpha value is -7.11. The van der Waals surface area contributed by atoms with E-state index in [1.807, 2.05) is 27.7 Å². The number of likely N-dealkylation sites (N-methyl/N-ethyl adjacent to an activating group) is 7. The van der Waals surface area contributed by atoms with Crippen LogP contribution in [0.1, 0.15) is 149 Å². The standard InChI is InChI=1S/C69H106F4N12O13S/c1-15-34-98-38-52-63(93)78(9)37-54(86)74-48(28-26-44-25-27-46(47(70)36-44)69(71,72)73)61(91)84-32-21-24-49(84)59(89)76-68(30-19-20-31-68)67(97)83(14)57(45-22-17-18-23-45)66(96)82(13)53(62(92)77(7)8)39-99-40-55(87)80(11)51(35-41(3)4)58(88)75-56(42(5)16-2)65(95)79(10)43(6)60(90)85-33-29-50(85)64(94)81(52)12/h25,27,36,41-43,45,48-53,56-57H,15-24,26,28-35,37-40H2,1-14H3,(H,74,86)(H,75,88)(H,76,89)/t42-,43-,48-,49-,50-,51-,52-,53-,56-,57-/m0/s1. The predicted molar refractivity (Wildman–Crippen MR) is 362 cm³/mol. The highest BCUT2D eigenvalue weighted by molar-refractivity contribution is 8.00. The molecular formula is C69H106F4N12O13S. The van der Waals surface area contributed by atoms with Gasteiger partial charge in [0.1, 0.15) is 65.7 Å². The molecule has 99 heavy (non-hydrogen) atoms. The zero-order valence-corrected chi connectivity index (χ0v) is 61.0. The van der Waals surface area contributed by atoms with Gasteiger partial charge in [0.05, 0.1) is 24.5 Å². The number of nitrogens with one attached hydrogen (secondary N) is 3. The molecular weight excluding hydrogens is 1310 g/mol. The number of thioether (sulfide) groups is 1. The van der Waals surface area contributed by atoms with E-state index < -0.39 is 161 Å². The van der Waals surface area contributed by atoms with Gasteiger partial charge in [-0.05, 0) is 113 Å². The second kappa shape index (κ2) is 35.5. The zero-order valence-electron chi connectivity index (χ0n) is 60.2. The number of fused-ring (bicyclic) bond motifs is 2. The van der Waals surface area contributed by atoms with Gasteiger partial charge in [-0.1, -0.05) is 72.8 Å². The fraction of sp³-hybridized carbons (Fsp3) is 0.739. The van der Waals surface area contributed by atoms with Gasteiger partial charge in [-0.15, -0.1) is 11.8 Å². The van der Waals surface area contributed by atoms with Crippen LogP contribution in [0.5, 0.6) is 0 Å². The van der Waals surface area contributed by atoms with Crippen LogP contribution in [0.2, 0.25) is 0 Å². The van der Waals surface area contributed by atoms with Crippen molar-refractivity contribution < 1.29 is 79.8 Å². The monoisotopic (exact) mass is 1420 g/mol. The highest BCUT2D eigenvalue weighted by atomic mass is 32.2. The van der Waals surface area contributed by atoms with Gasteiger partial charge < -0.3 is 64.8 Å². The molecule has 0 aromatic heterocycles. The van der Waals surface area contributed by atoms with Crippen molar-refractivity contribution in [1.29, 1.82) is 0 Å². The molecule has 6 rings (SSSR count). The van der Waals surface area contributed by atoms with E-state index in [1.54, 1.807) is 6.92 Å². The Morgan fingerprint density at radius 2 is 1.36 bits per heavy atom. The fourth-order valence-electron chi connectivity index (χ4n) is 14.1. The summed E-state index contributed by atoms with van der Waals surface area (Å²) in [7, 11) is 11.6. The molecule has 5 aliphatic rings. The van der Waals surface area contributed by atoms with Gasteiger partial charge in [-0.2, -0.15) is 13.2 Å². The second-order valence-corrected chi connectivity index (χ2v) is 29.3. The summed E-state index contributed by atoms with van der Waals surface area (Å²) < 4.78 is 61.9. The molecule has 25 nitrogen and oxygen atoms in total. The van der Waals surface area contributed by atoms with Crippen LogP contribution < -0.4 is 16.0 Å². The van der Waals surface area contributed by atoms with Crippen molar-refractivity contribution in [2.24, 2.45) is 17.8 Å². The lowest BCUT2D eigenvalue weighted by atomic mass is 9.90. The van der Waals surface area contributed by atoms with Crippen LogP contribution in [0, 0.1) is 23.6 Å². The Morgan fingerprint density at radius 3 is 1.94 bits per heavy atom. The zero-order chi connectivity index (χ0) is 73.7. The first-order valence-corrected chi connectivity index (χ1v) is 36.0. The average Bonchev–Trinajstić information content (AvgIpc) is 1.53. The predicted octanol–water partition coefficient (Wildman–Crippen LogP) is 3.92. The molecule has 3 aliphatic heterocycles. The summed E-state index contributed by atoms with van der Waals surface area (Å²) >= 11 is 1.07. The number of halogens is 4. The van der Waals surface area contributed by atoms with Crippen LogP contribution in [0.3, 0.4) is 0 Å². The topological polar surface area (TPSA) is 279 Å². The Kier molecular flexibility index (Phi) is 29.0. The molecule has 3 saturated heterocycles. The maximum Gasteiger partial charge on any atom is 0.419 e. The van der Waals surface area contributed by atoms with E-state index in [0.717, 1.165) is 40.5 Å². The summed E-state index contributed by atoms with van der Waals surface area (Å²) in [6, 6.07) is -8.65. The number of rotatable bonds is 13. The second-order valence-electron chi connectivity index (χ2n) is 28.3. The lowest BCUT2D eigenvalue weighted by molar-refractivity contribution is -0.161. The maximum atomic E-state index is 15.5. The van der Waals surface area contributed by atoms with Crippen molar-refractivity contribution in [3.8, 4) is 0 Å². The van der Waals surface area contributed by atoms with Crippen LogP contribution in [0.25, 0.3) is 0 Å². The number of carbonyl (C=O) groups is 12. The molecule has 1 aromatic rings. The molecule has 1 aromatic carbocycles. The van der Waals surface area contributed by atoms with E-state index in [-0.39, 0.29) is 107 Å². The number of ether oxygens (including phenoxy) is 1. The molecule has 0 radical (unpaired) electrons. The first kappa shape index (κ1) is 80.9. The minimum atomic E-state index is -5.01. The van der Waals surface area contributed by atoms with E-state index in [1.165, 1.54) is 97.6 Å². The average molecular weight is 1420 g/mol. The summed E-state index contributed by atoms with van der Waals surface area (Å²) in [4.78, 5) is 188. The highest BCUT2D eigenvalue weighted by Gasteiger charge is 2.52. The van der Waals surface area contributed by atoms with E-state index in [9.17, 15) is 56.3 Å². The van der Waals surface area contributed by atoms with Gasteiger partial charge in [-0.25, -0.2) is 4.39 Å². The van der Waals surface area contributed by atoms with Crippen LogP contribution in [-0.4, -0.2) is 276 Å². The lowest BCUT2D eigenvalue weighted by Crippen LogP contribution is -2.65. The van der Waals surface area contributed by atoms with Crippen molar-refractivity contribution in [3.63, 3.8) is 0 Å². The van der Waals surface area contributed by atoms with Crippen molar-refractivity contribution in [2.45, 2.75) is 210 Å². The Morgan fingerprint density at radius 1 is 0.717 bits per heavy atom. The molecule has 5 fully saturated rings. The van der Waals surface area contributed by atoms with Crippen LogP contribution in [0.15, 0.2) is 18.2 Å². The number of hydrogen-bond donors (Lipinski definition) is 3. The first-order chi connectivity index (χ1) is 46.5. The first-order valence-electron chi connectivity index (χ1n) is 34.9. The summed E-state index contributed by atoms with van der Waals surface area (Å²) in [5.74, 6) is -10.6. The number of carbonyl (C=O) groups excluding carboxylic acids is 12. The number of hydrogen-bond acceptors (Lipinski definition) is 14. The summed E-state index contributed by atoms with van der Waals surface area (Å²) in [6.45, 7) is 9.87. The van der Waals surface area contributed by atoms with Crippen molar-refractivity contribution in [2.75, 3.05) is 101 Å². The maximum absolute atomic E-state index is 15.5. The summed E-state index contributed by atoms with van der Waals surface area (Å²) in [5, 5.41) is 8.60. The van der Waals surface area contributed by atoms with Gasteiger partial charge in [0.25, 0.3) is 0 Å². The Balaban J connectivity index is 1.40. The molecule has 3 N–H and O–H groups in total. The number of aryl methyl sites for hydroxylation is 1. The van der Waals surface area contributed by atoms with Gasteiger partial charge in [0.2, 0.25) is 70.9 Å². The van der Waals surface area contributed by atoms with Gasteiger partial charge in [0.15, 0.2) is 0 Å². The van der Waals surface area contributed by atoms with Crippen molar-refractivity contribution in [1.82, 2.24) is 60.0 Å². The minimum Gasteiger partial charge on any atom is -0.379 e. The Bertz CT molecular complexity index is 3100. The highest BCUT2D eigenvalue weighted by Crippen LogP contribution is 2.38. The number of amides is 12. The SMILES string of the molecule is CCCOC[C@H]1C(=O)N(C)CC(=O)N[C@@H](CCc2ccc(C(F)(F)F)c(F)c2)C(=O)N2CCC[C@H]2C(=O)NC2(CCCC2)C(=O)N(C)[C@@H](C2CCCC2)C(=O)N(C)[C@H](C(=O)N(C)C)CSCC(=O)N(C)[C@@H](CC(C)C)C(=O)N[C@@H]([C@@H](C)CC)C(=O)N(C)[C@@H](C)C(=O)N2CC[C@H]2C(=O)N1C. The molecule has 2 aliphatic carbocycles. The number of nitrogens with zero attached hydrogens (tertiary/aromatic N) is 9. The van der Waals surface area contributed by atoms with Crippen LogP contribution in [0.4, 0.5) is 17.6 Å². The molecule has 2 saturated carbocycles. The fourth-order valence-corrected chi connectivity index (χ4v) is 15.2. The van der Waals surface area contributed by atoms with Gasteiger partial charge in [0, 0.05) is 81.8 Å². The molecule has 0 unspecified atom stereocenters. The normalized spacial score (nSPS) is 27.1. The Labute approximate surface area is 584 Å². The van der Waals surface area contributed by atoms with E-state index in [0.29, 0.717) is 50.7 Å². The lowest BCUT2D eigenvalue weighted by Gasteiger charge is -2.45. The molecule has 30 heteroatoms. The number of benzene rings is 1. The molecule has 10 atom stereocenters. The largest absolute Gasteiger partial charge is 0.419 e. The minimum absolute atomic E-state index is 0.00984. The third kappa shape index (κ3) is 19.5. The smallest absolute Gasteiger partial charge is 0.379 e. The third-order valence-electron chi connectivity index (χ3n) is 20.6. The molecule has 12 amide bonds. The van der Waals surface area contributed by atoms with Gasteiger partial charge in [-0.3, -0.25) is 57.5 Å².